The van der Waals surface area contributed by atoms with E-state index in [1.165, 1.54) is 13.1 Å². The molecule has 16 N–H and O–H groups in total. The molecule has 0 aliphatic carbocycles. The number of thioether (sulfide) groups is 1. The van der Waals surface area contributed by atoms with E-state index in [0.29, 0.717) is 27.0 Å². The van der Waals surface area contributed by atoms with Gasteiger partial charge in [-0.25, -0.2) is 29.6 Å². The number of hydroxylamine groups is 6. The van der Waals surface area contributed by atoms with E-state index in [1.54, 1.807) is 0 Å². The number of carbonyl (C=O) groups is 9. The Morgan fingerprint density at radius 3 is 1.63 bits per heavy atom. The number of primary amides is 1. The van der Waals surface area contributed by atoms with Gasteiger partial charge in [-0.15, -0.1) is 11.8 Å². The molecular weight excluding hydrogens is 933 g/mol. The average Bonchev–Trinajstić information content (AvgIpc) is 3.56. The summed E-state index contributed by atoms with van der Waals surface area (Å²) in [5.41, 5.74) is 9.99. The van der Waals surface area contributed by atoms with E-state index in [2.05, 4.69) is 20.9 Å². The number of rotatable bonds is 25. The Morgan fingerprint density at radius 2 is 1.19 bits per heavy atom. The molecule has 1 aromatic heterocycles. The molecule has 2 rings (SSSR count). The average molecular weight is 993 g/mol. The standard InChI is InChI=1S/C37H60N12O18S/c1-17(51)47(65)12-5-8-20(38)30(57)40-21(9-6-13-48(66)18(2)52)31(58)41-22(10-7-14-49(67)19(3)53)32(59)42-23(16-50)33(60)44-25(35(61)62)26(54)29-27(55)28(56)34(68-29)46-15-11-24(43-36(39)63)45(4)37(46)64/h11,15,20-23,25-29,34,50,54-56,65-67H,5-10,12-14,16,38H2,1-4H3,(H2,39,63)(H,40,57)(H,41,58)(H,42,59)(H,44,60)(H,61,62)/b43-24-/t20?,21-,22+,23+,25-,26-,27+,28+,29-,34-/m1/s1. The van der Waals surface area contributed by atoms with Gasteiger partial charge in [0, 0.05) is 53.6 Å². The van der Waals surface area contributed by atoms with E-state index in [4.69, 9.17) is 11.5 Å². The highest BCUT2D eigenvalue weighted by Crippen LogP contribution is 2.43. The van der Waals surface area contributed by atoms with Crippen molar-refractivity contribution in [2.75, 3.05) is 26.2 Å². The number of hydrogen-bond acceptors (Lipinski definition) is 19. The number of nitrogens with one attached hydrogen (secondary N) is 4. The third-order valence-corrected chi connectivity index (χ3v) is 12.0. The first kappa shape index (κ1) is 58.1. The van der Waals surface area contributed by atoms with Crippen LogP contribution in [0.2, 0.25) is 0 Å². The van der Waals surface area contributed by atoms with Crippen LogP contribution in [0.15, 0.2) is 22.1 Å². The SMILES string of the molecule is CC(=O)N(O)CCCC(N)C(=O)N[C@H](CCCN(O)C(C)=O)C(=O)N[C@@H](CCCN(O)C(C)=O)C(=O)N[C@@H](CO)C(=O)N[C@@H](C(=O)O)[C@@H](O)[C@H]1S[C@@H](n2cc/c(=N/C(N)=O)n(C)c2=O)[C@@H](O)[C@@H]1O. The van der Waals surface area contributed by atoms with Crippen LogP contribution in [0.4, 0.5) is 4.79 Å². The van der Waals surface area contributed by atoms with Crippen molar-refractivity contribution in [1.82, 2.24) is 45.6 Å². The predicted molar refractivity (Wildman–Crippen MR) is 229 cm³/mol. The highest BCUT2D eigenvalue weighted by molar-refractivity contribution is 8.00. The number of amides is 9. The number of nitrogens with two attached hydrogens (primary N) is 2. The van der Waals surface area contributed by atoms with Gasteiger partial charge in [-0.1, -0.05) is 0 Å². The lowest BCUT2D eigenvalue weighted by atomic mass is 10.00. The van der Waals surface area contributed by atoms with Crippen molar-refractivity contribution in [2.45, 2.75) is 118 Å². The molecule has 0 radical (unpaired) electrons. The Kier molecular flexibility index (Phi) is 23.1. The Balaban J connectivity index is 2.35. The molecule has 1 aliphatic rings. The molecule has 1 unspecified atom stereocenters. The van der Waals surface area contributed by atoms with Crippen molar-refractivity contribution in [2.24, 2.45) is 23.5 Å². The Hall–Kier alpha value is -6.06. The first-order valence-corrected chi connectivity index (χ1v) is 21.7. The lowest BCUT2D eigenvalue weighted by Gasteiger charge is -2.29. The second-order valence-electron chi connectivity index (χ2n) is 15.5. The maximum absolute atomic E-state index is 13.8. The summed E-state index contributed by atoms with van der Waals surface area (Å²) < 4.78 is 1.78. The zero-order chi connectivity index (χ0) is 51.7. The van der Waals surface area contributed by atoms with Gasteiger partial charge >= 0.3 is 17.7 Å². The van der Waals surface area contributed by atoms with Gasteiger partial charge in [0.15, 0.2) is 6.04 Å². The fourth-order valence-electron chi connectivity index (χ4n) is 6.46. The van der Waals surface area contributed by atoms with Crippen molar-refractivity contribution in [1.29, 1.82) is 0 Å². The first-order valence-electron chi connectivity index (χ1n) is 20.8. The maximum Gasteiger partial charge on any atom is 0.340 e. The molecule has 9 amide bonds. The van der Waals surface area contributed by atoms with Crippen LogP contribution in [-0.2, 0) is 45.4 Å². The number of urea groups is 1. The quantitative estimate of drug-likeness (QED) is 0.0320. The van der Waals surface area contributed by atoms with Crippen molar-refractivity contribution < 1.29 is 84.3 Å². The zero-order valence-electron chi connectivity index (χ0n) is 37.4. The molecule has 1 fully saturated rings. The number of carboxylic acid groups (broad SMARTS) is 1. The largest absolute Gasteiger partial charge is 0.480 e. The molecule has 30 nitrogen and oxygen atoms in total. The van der Waals surface area contributed by atoms with E-state index in [-0.39, 0.29) is 57.2 Å². The number of aliphatic carboxylic acids is 1. The summed E-state index contributed by atoms with van der Waals surface area (Å²) in [5.74, 6) is -8.71. The van der Waals surface area contributed by atoms with Gasteiger partial charge < -0.3 is 58.3 Å². The summed E-state index contributed by atoms with van der Waals surface area (Å²) >= 11 is 0.545. The summed E-state index contributed by atoms with van der Waals surface area (Å²) in [6.07, 6.45) is -5.91. The van der Waals surface area contributed by atoms with Gasteiger partial charge in [0.25, 0.3) is 0 Å². The molecule has 68 heavy (non-hydrogen) atoms. The van der Waals surface area contributed by atoms with E-state index in [0.717, 1.165) is 36.1 Å². The molecule has 382 valence electrons. The molecule has 1 aromatic rings. The van der Waals surface area contributed by atoms with Crippen LogP contribution >= 0.6 is 11.8 Å². The lowest BCUT2D eigenvalue weighted by molar-refractivity contribution is -0.163. The van der Waals surface area contributed by atoms with Crippen LogP contribution in [0.1, 0.15) is 64.7 Å². The van der Waals surface area contributed by atoms with E-state index in [9.17, 15) is 89.1 Å². The molecule has 1 saturated heterocycles. The molecule has 1 aliphatic heterocycles. The van der Waals surface area contributed by atoms with Crippen molar-refractivity contribution in [3.63, 3.8) is 0 Å². The second-order valence-corrected chi connectivity index (χ2v) is 16.8. The molecule has 10 atom stereocenters. The van der Waals surface area contributed by atoms with E-state index < -0.39 is 131 Å². The zero-order valence-corrected chi connectivity index (χ0v) is 38.2. The number of nitrogens with zero attached hydrogens (tertiary/aromatic N) is 6. The lowest BCUT2D eigenvalue weighted by Crippen LogP contribution is -2.61. The minimum absolute atomic E-state index is 0.0520. The van der Waals surface area contributed by atoms with Gasteiger partial charge in [-0.3, -0.25) is 58.3 Å². The van der Waals surface area contributed by atoms with E-state index >= 15 is 0 Å². The molecule has 2 heterocycles. The first-order chi connectivity index (χ1) is 31.7. The topological polar surface area (TPSA) is 465 Å². The minimum atomic E-state index is -2.31. The van der Waals surface area contributed by atoms with Gasteiger partial charge in [0.05, 0.1) is 30.1 Å². The number of hydrogen-bond donors (Lipinski definition) is 14. The molecule has 0 bridgehead atoms. The smallest absolute Gasteiger partial charge is 0.340 e. The summed E-state index contributed by atoms with van der Waals surface area (Å²) in [6, 6.07) is -8.79. The normalized spacial score (nSPS) is 19.6. The Morgan fingerprint density at radius 1 is 0.750 bits per heavy atom. The Labute approximate surface area is 390 Å². The summed E-state index contributed by atoms with van der Waals surface area (Å²) in [7, 11) is 1.21. The number of aliphatic hydroxyl groups is 4. The van der Waals surface area contributed by atoms with Crippen molar-refractivity contribution >= 4 is 65.1 Å². The molecule has 31 heteroatoms. The fourth-order valence-corrected chi connectivity index (χ4v) is 8.03. The monoisotopic (exact) mass is 992 g/mol. The van der Waals surface area contributed by atoms with Crippen LogP contribution in [0, 0.1) is 0 Å². The second kappa shape index (κ2) is 27.1. The Bertz CT molecular complexity index is 2130. The molecule has 0 aromatic carbocycles. The van der Waals surface area contributed by atoms with Crippen molar-refractivity contribution in [3.05, 3.63) is 28.2 Å². The molecule has 0 spiro atoms. The van der Waals surface area contributed by atoms with Gasteiger partial charge in [-0.05, 0) is 44.6 Å². The van der Waals surface area contributed by atoms with Crippen LogP contribution < -0.4 is 43.9 Å². The van der Waals surface area contributed by atoms with Gasteiger partial charge in [0.1, 0.15) is 35.1 Å². The minimum Gasteiger partial charge on any atom is -0.480 e. The van der Waals surface area contributed by atoms with Gasteiger partial charge in [-0.2, -0.15) is 4.99 Å². The summed E-state index contributed by atoms with van der Waals surface area (Å²) in [4.78, 5) is 129. The van der Waals surface area contributed by atoms with Crippen LogP contribution in [0.3, 0.4) is 0 Å². The van der Waals surface area contributed by atoms with Crippen molar-refractivity contribution in [3.8, 4) is 0 Å². The summed E-state index contributed by atoms with van der Waals surface area (Å²) in [5, 5.41) is 89.5. The van der Waals surface area contributed by atoms with Crippen LogP contribution in [0.5, 0.6) is 0 Å². The predicted octanol–water partition coefficient (Wildman–Crippen LogP) is -6.74. The number of carboxylic acids is 1. The molecule has 0 saturated carbocycles. The fraction of sp³-hybridized carbons (Fsp3) is 0.649. The third-order valence-electron chi connectivity index (χ3n) is 10.4. The highest BCUT2D eigenvalue weighted by Gasteiger charge is 2.50. The highest BCUT2D eigenvalue weighted by atomic mass is 32.2. The summed E-state index contributed by atoms with van der Waals surface area (Å²) in [6.45, 7) is 1.07. The number of aromatic nitrogens is 2. The van der Waals surface area contributed by atoms with Crippen LogP contribution in [0.25, 0.3) is 0 Å². The van der Waals surface area contributed by atoms with Gasteiger partial charge in [0.2, 0.25) is 41.4 Å². The van der Waals surface area contributed by atoms with E-state index in [1.807, 2.05) is 5.32 Å². The number of aliphatic hydroxyl groups excluding tert-OH is 4. The maximum atomic E-state index is 13.8. The number of carbonyl (C=O) groups excluding carboxylic acids is 8. The molecular formula is C37H60N12O18S. The third kappa shape index (κ3) is 16.9. The van der Waals surface area contributed by atoms with Crippen LogP contribution in [-0.4, -0.2) is 199 Å².